The Kier molecular flexibility index (Phi) is 7.47. The fourth-order valence-corrected chi connectivity index (χ4v) is 2.45. The molecule has 2 rings (SSSR count). The smallest absolute Gasteiger partial charge is 0.253 e. The quantitative estimate of drug-likeness (QED) is 0.837. The molecule has 1 amide bonds. The Hall–Kier alpha value is -1.33. The molecule has 1 aliphatic rings. The third kappa shape index (κ3) is 5.89. The van der Waals surface area contributed by atoms with E-state index >= 15 is 0 Å². The molecule has 0 bridgehead atoms. The van der Waals surface area contributed by atoms with Gasteiger partial charge in [-0.1, -0.05) is 25.7 Å². The topological polar surface area (TPSA) is 77.2 Å². The second kappa shape index (κ2) is 8.85. The average Bonchev–Trinajstić information content (AvgIpc) is 2.70. The van der Waals surface area contributed by atoms with Crippen LogP contribution in [0.4, 0.5) is 11.5 Å². The number of amides is 1. The van der Waals surface area contributed by atoms with Crippen LogP contribution in [0.3, 0.4) is 0 Å². The van der Waals surface area contributed by atoms with E-state index in [1.807, 2.05) is 0 Å². The van der Waals surface area contributed by atoms with Gasteiger partial charge in [-0.05, 0) is 31.9 Å². The number of hydrogen-bond donors (Lipinski definition) is 2. The van der Waals surface area contributed by atoms with Crippen LogP contribution in [0.2, 0.25) is 0 Å². The number of aromatic nitrogens is 1. The molecule has 0 radical (unpaired) electrons. The van der Waals surface area contributed by atoms with E-state index < -0.39 is 6.10 Å². The van der Waals surface area contributed by atoms with Crippen LogP contribution in [0.15, 0.2) is 18.3 Å². The second-order valence-corrected chi connectivity index (χ2v) is 5.35. The fraction of sp³-hybridized carbons (Fsp3) is 0.600. The Morgan fingerprint density at radius 3 is 2.57 bits per heavy atom. The molecule has 21 heavy (non-hydrogen) atoms. The molecule has 0 aromatic carbocycles. The van der Waals surface area contributed by atoms with Gasteiger partial charge in [-0.25, -0.2) is 4.98 Å². The van der Waals surface area contributed by atoms with Crippen LogP contribution in [0.25, 0.3) is 0 Å². The van der Waals surface area contributed by atoms with E-state index in [-0.39, 0.29) is 24.4 Å². The van der Waals surface area contributed by atoms with Gasteiger partial charge >= 0.3 is 0 Å². The third-order valence-electron chi connectivity index (χ3n) is 3.62. The van der Waals surface area contributed by atoms with E-state index in [9.17, 15) is 4.79 Å². The van der Waals surface area contributed by atoms with Crippen LogP contribution in [0, 0.1) is 0 Å². The summed E-state index contributed by atoms with van der Waals surface area (Å²) in [5.41, 5.74) is 6.15. The lowest BCUT2D eigenvalue weighted by Crippen LogP contribution is -2.31. The Labute approximate surface area is 132 Å². The van der Waals surface area contributed by atoms with Gasteiger partial charge in [-0.2, -0.15) is 0 Å². The monoisotopic (exact) mass is 313 g/mol. The number of ether oxygens (including phenoxy) is 1. The first-order chi connectivity index (χ1) is 9.65. The number of carbonyl (C=O) groups excluding carboxylic acids is 1. The first kappa shape index (κ1) is 17.7. The minimum atomic E-state index is -0.448. The van der Waals surface area contributed by atoms with Gasteiger partial charge < -0.3 is 15.8 Å². The van der Waals surface area contributed by atoms with Crippen LogP contribution >= 0.6 is 12.4 Å². The number of nitrogens with two attached hydrogens (primary N) is 1. The summed E-state index contributed by atoms with van der Waals surface area (Å²) in [7, 11) is 0. The lowest BCUT2D eigenvalue weighted by molar-refractivity contribution is -0.130. The maximum atomic E-state index is 12.1. The highest BCUT2D eigenvalue weighted by molar-refractivity contribution is 5.93. The Bertz CT molecular complexity index is 431. The number of carbonyl (C=O) groups is 1. The highest BCUT2D eigenvalue weighted by atomic mass is 35.5. The summed E-state index contributed by atoms with van der Waals surface area (Å²) >= 11 is 0. The van der Waals surface area contributed by atoms with Crippen molar-refractivity contribution in [3.05, 3.63) is 18.3 Å². The molecule has 6 heteroatoms. The van der Waals surface area contributed by atoms with Crippen molar-refractivity contribution in [3.63, 3.8) is 0 Å². The number of nitrogens with one attached hydrogen (secondary N) is 1. The number of halogens is 1. The summed E-state index contributed by atoms with van der Waals surface area (Å²) in [6.07, 6.45) is 8.36. The molecule has 0 saturated heterocycles. The molecule has 1 fully saturated rings. The second-order valence-electron chi connectivity index (χ2n) is 5.35. The van der Waals surface area contributed by atoms with Gasteiger partial charge in [0, 0.05) is 0 Å². The number of nitrogens with zero attached hydrogens (tertiary/aromatic N) is 1. The van der Waals surface area contributed by atoms with Crippen molar-refractivity contribution in [1.29, 1.82) is 0 Å². The Morgan fingerprint density at radius 1 is 1.33 bits per heavy atom. The zero-order valence-electron chi connectivity index (χ0n) is 12.4. The van der Waals surface area contributed by atoms with Crippen molar-refractivity contribution in [2.75, 3.05) is 11.1 Å². The minimum Gasteiger partial charge on any atom is -0.384 e. The molecule has 1 saturated carbocycles. The molecule has 3 N–H and O–H groups in total. The molecule has 1 aromatic heterocycles. The van der Waals surface area contributed by atoms with Crippen LogP contribution < -0.4 is 11.1 Å². The summed E-state index contributed by atoms with van der Waals surface area (Å²) in [5.74, 6) is 0.298. The van der Waals surface area contributed by atoms with Gasteiger partial charge in [0.1, 0.15) is 11.9 Å². The molecule has 0 spiro atoms. The zero-order chi connectivity index (χ0) is 14.4. The molecule has 1 aliphatic carbocycles. The van der Waals surface area contributed by atoms with E-state index in [1.54, 1.807) is 25.3 Å². The van der Waals surface area contributed by atoms with Gasteiger partial charge in [-0.15, -0.1) is 12.4 Å². The molecule has 0 aliphatic heterocycles. The Balaban J connectivity index is 0.00000220. The molecular weight excluding hydrogens is 290 g/mol. The molecular formula is C15H24ClN3O2. The van der Waals surface area contributed by atoms with Crippen molar-refractivity contribution < 1.29 is 9.53 Å². The van der Waals surface area contributed by atoms with Gasteiger partial charge in [-0.3, -0.25) is 4.79 Å². The number of anilines is 2. The van der Waals surface area contributed by atoms with E-state index in [0.717, 1.165) is 12.8 Å². The number of pyridine rings is 1. The van der Waals surface area contributed by atoms with E-state index in [0.29, 0.717) is 11.5 Å². The first-order valence-corrected chi connectivity index (χ1v) is 7.33. The molecule has 1 unspecified atom stereocenters. The van der Waals surface area contributed by atoms with Crippen LogP contribution in [-0.2, 0) is 9.53 Å². The number of hydrogen-bond acceptors (Lipinski definition) is 4. The molecule has 1 atom stereocenters. The standard InChI is InChI=1S/C15H23N3O2.ClH/c1-11(20-13-6-4-2-3-5-7-13)15(19)18-12-8-9-14(16)17-10-12;/h8-11,13H,2-7H2,1H3,(H2,16,17)(H,18,19);1H. The normalized spacial score (nSPS) is 17.4. The summed E-state index contributed by atoms with van der Waals surface area (Å²) in [6, 6.07) is 3.39. The van der Waals surface area contributed by atoms with Gasteiger partial charge in [0.15, 0.2) is 0 Å². The lowest BCUT2D eigenvalue weighted by atomic mass is 10.1. The zero-order valence-corrected chi connectivity index (χ0v) is 13.2. The van der Waals surface area contributed by atoms with Crippen molar-refractivity contribution in [3.8, 4) is 0 Å². The molecule has 118 valence electrons. The number of nitrogen functional groups attached to an aromatic ring is 1. The fourth-order valence-electron chi connectivity index (χ4n) is 2.45. The van der Waals surface area contributed by atoms with Crippen molar-refractivity contribution in [1.82, 2.24) is 4.98 Å². The van der Waals surface area contributed by atoms with Crippen molar-refractivity contribution in [2.24, 2.45) is 0 Å². The summed E-state index contributed by atoms with van der Waals surface area (Å²) in [5, 5.41) is 2.79. The van der Waals surface area contributed by atoms with E-state index in [4.69, 9.17) is 10.5 Å². The maximum absolute atomic E-state index is 12.1. The van der Waals surface area contributed by atoms with Crippen molar-refractivity contribution in [2.45, 2.75) is 57.7 Å². The number of rotatable bonds is 4. The van der Waals surface area contributed by atoms with Gasteiger partial charge in [0.05, 0.1) is 18.0 Å². The predicted molar refractivity (Wildman–Crippen MR) is 86.6 cm³/mol. The highest BCUT2D eigenvalue weighted by Gasteiger charge is 2.20. The van der Waals surface area contributed by atoms with Crippen LogP contribution in [0.5, 0.6) is 0 Å². The van der Waals surface area contributed by atoms with Crippen LogP contribution in [-0.4, -0.2) is 23.1 Å². The van der Waals surface area contributed by atoms with E-state index in [2.05, 4.69) is 10.3 Å². The lowest BCUT2D eigenvalue weighted by Gasteiger charge is -2.20. The highest BCUT2D eigenvalue weighted by Crippen LogP contribution is 2.21. The summed E-state index contributed by atoms with van der Waals surface area (Å²) in [4.78, 5) is 16.0. The summed E-state index contributed by atoms with van der Waals surface area (Å²) in [6.45, 7) is 1.80. The SMILES string of the molecule is CC(OC1CCCCCC1)C(=O)Nc1ccc(N)nc1.Cl. The Morgan fingerprint density at radius 2 is 2.00 bits per heavy atom. The molecule has 1 aromatic rings. The van der Waals surface area contributed by atoms with Crippen LogP contribution in [0.1, 0.15) is 45.4 Å². The van der Waals surface area contributed by atoms with Gasteiger partial charge in [0.25, 0.3) is 5.91 Å². The van der Waals surface area contributed by atoms with Gasteiger partial charge in [0.2, 0.25) is 0 Å². The maximum Gasteiger partial charge on any atom is 0.253 e. The molecule has 1 heterocycles. The van der Waals surface area contributed by atoms with E-state index in [1.165, 1.54) is 25.7 Å². The predicted octanol–water partition coefficient (Wildman–Crippen LogP) is 3.15. The third-order valence-corrected chi connectivity index (χ3v) is 3.62. The first-order valence-electron chi connectivity index (χ1n) is 7.33. The van der Waals surface area contributed by atoms with Crippen molar-refractivity contribution >= 4 is 29.8 Å². The minimum absolute atomic E-state index is 0. The average molecular weight is 314 g/mol. The molecule has 5 nitrogen and oxygen atoms in total. The summed E-state index contributed by atoms with van der Waals surface area (Å²) < 4.78 is 5.87. The largest absolute Gasteiger partial charge is 0.384 e.